The zero-order chi connectivity index (χ0) is 22.6. The number of ether oxygens (including phenoxy) is 1. The molecule has 0 saturated carbocycles. The number of hydrogen-bond donors (Lipinski definition) is 1. The van der Waals surface area contributed by atoms with E-state index >= 15 is 0 Å². The number of para-hydroxylation sites is 1. The Bertz CT molecular complexity index is 1040. The van der Waals surface area contributed by atoms with Crippen LogP contribution in [0.15, 0.2) is 47.4 Å². The van der Waals surface area contributed by atoms with Crippen molar-refractivity contribution >= 4 is 33.2 Å². The van der Waals surface area contributed by atoms with Crippen LogP contribution >= 0.6 is 11.6 Å². The van der Waals surface area contributed by atoms with Crippen molar-refractivity contribution in [3.05, 3.63) is 53.3 Å². The summed E-state index contributed by atoms with van der Waals surface area (Å²) in [5, 5.41) is 0.174. The first kappa shape index (κ1) is 23.3. The quantitative estimate of drug-likeness (QED) is 0.674. The first-order valence-electron chi connectivity index (χ1n) is 9.96. The van der Waals surface area contributed by atoms with Crippen LogP contribution in [0.25, 0.3) is 0 Å². The zero-order valence-corrected chi connectivity index (χ0v) is 18.9. The normalized spacial score (nSPS) is 15.6. The fourth-order valence-corrected chi connectivity index (χ4v) is 4.94. The summed E-state index contributed by atoms with van der Waals surface area (Å²) in [6.45, 7) is 5.36. The average Bonchev–Trinajstić information content (AvgIpc) is 2.75. The molecule has 3 rings (SSSR count). The third kappa shape index (κ3) is 5.47. The summed E-state index contributed by atoms with van der Waals surface area (Å²) in [5.74, 6) is -0.258. The largest absolute Gasteiger partial charge is 0.492 e. The minimum atomic E-state index is -3.95. The maximum atomic E-state index is 14.0. The summed E-state index contributed by atoms with van der Waals surface area (Å²) < 4.78 is 47.1. The van der Waals surface area contributed by atoms with Gasteiger partial charge in [-0.25, -0.2) is 12.8 Å². The molecule has 10 heteroatoms. The SMILES string of the molecule is CCOc1ccc(S(=O)(=O)N[C@@H](C)C(=O)N2CCN(c3ccccc3F)CC2)cc1Cl. The minimum absolute atomic E-state index is 0.0509. The lowest BCUT2D eigenvalue weighted by Gasteiger charge is -2.37. The van der Waals surface area contributed by atoms with Crippen LogP contribution < -0.4 is 14.4 Å². The van der Waals surface area contributed by atoms with E-state index in [0.29, 0.717) is 44.2 Å². The van der Waals surface area contributed by atoms with Crippen molar-refractivity contribution in [2.75, 3.05) is 37.7 Å². The number of benzene rings is 2. The number of hydrogen-bond acceptors (Lipinski definition) is 5. The summed E-state index contributed by atoms with van der Waals surface area (Å²) in [7, 11) is -3.95. The molecule has 1 heterocycles. The van der Waals surface area contributed by atoms with E-state index in [-0.39, 0.29) is 21.6 Å². The Morgan fingerprint density at radius 2 is 1.87 bits per heavy atom. The fraction of sp³-hybridized carbons (Fsp3) is 0.381. The van der Waals surface area contributed by atoms with E-state index in [1.165, 1.54) is 31.2 Å². The van der Waals surface area contributed by atoms with Gasteiger partial charge in [-0.15, -0.1) is 0 Å². The molecule has 1 aliphatic rings. The van der Waals surface area contributed by atoms with Gasteiger partial charge in [-0.05, 0) is 44.2 Å². The molecule has 1 saturated heterocycles. The summed E-state index contributed by atoms with van der Waals surface area (Å²) in [5.41, 5.74) is 0.496. The highest BCUT2D eigenvalue weighted by atomic mass is 35.5. The van der Waals surface area contributed by atoms with Crippen LogP contribution in [0.3, 0.4) is 0 Å². The summed E-state index contributed by atoms with van der Waals surface area (Å²) in [6, 6.07) is 9.68. The average molecular weight is 470 g/mol. The predicted molar refractivity (Wildman–Crippen MR) is 118 cm³/mol. The Morgan fingerprint density at radius 3 is 2.48 bits per heavy atom. The Kier molecular flexibility index (Phi) is 7.40. The molecule has 1 N–H and O–H groups in total. The molecule has 168 valence electrons. The van der Waals surface area contributed by atoms with Crippen molar-refractivity contribution in [3.8, 4) is 5.75 Å². The highest BCUT2D eigenvalue weighted by Crippen LogP contribution is 2.27. The lowest BCUT2D eigenvalue weighted by atomic mass is 10.2. The van der Waals surface area contributed by atoms with Crippen LogP contribution in [0, 0.1) is 5.82 Å². The molecule has 1 aliphatic heterocycles. The molecular formula is C21H25ClFN3O4S. The molecule has 1 fully saturated rings. The Morgan fingerprint density at radius 1 is 1.19 bits per heavy atom. The number of nitrogens with one attached hydrogen (secondary N) is 1. The van der Waals surface area contributed by atoms with Crippen molar-refractivity contribution in [2.24, 2.45) is 0 Å². The van der Waals surface area contributed by atoms with Crippen LogP contribution in [0.1, 0.15) is 13.8 Å². The number of amides is 1. The maximum Gasteiger partial charge on any atom is 0.241 e. The van der Waals surface area contributed by atoms with Gasteiger partial charge in [0.1, 0.15) is 11.6 Å². The second-order valence-corrected chi connectivity index (χ2v) is 9.25. The van der Waals surface area contributed by atoms with Crippen molar-refractivity contribution in [2.45, 2.75) is 24.8 Å². The Labute approximate surface area is 186 Å². The van der Waals surface area contributed by atoms with Crippen LogP contribution in [-0.2, 0) is 14.8 Å². The third-order valence-electron chi connectivity index (χ3n) is 5.00. The highest BCUT2D eigenvalue weighted by Gasteiger charge is 2.29. The smallest absolute Gasteiger partial charge is 0.241 e. The Balaban J connectivity index is 1.61. The van der Waals surface area contributed by atoms with Gasteiger partial charge in [-0.2, -0.15) is 4.72 Å². The summed E-state index contributed by atoms with van der Waals surface area (Å²) >= 11 is 6.09. The first-order valence-corrected chi connectivity index (χ1v) is 11.8. The van der Waals surface area contributed by atoms with E-state index in [1.54, 1.807) is 30.0 Å². The first-order chi connectivity index (χ1) is 14.7. The van der Waals surface area contributed by atoms with Gasteiger partial charge in [0.2, 0.25) is 15.9 Å². The second-order valence-electron chi connectivity index (χ2n) is 7.13. The standard InChI is InChI=1S/C21H25ClFN3O4S/c1-3-30-20-9-8-16(14-17(20)22)31(28,29)24-15(2)21(27)26-12-10-25(11-13-26)19-7-5-4-6-18(19)23/h4-9,14-15,24H,3,10-13H2,1-2H3/t15-/m0/s1. The van der Waals surface area contributed by atoms with E-state index in [4.69, 9.17) is 16.3 Å². The maximum absolute atomic E-state index is 14.0. The van der Waals surface area contributed by atoms with Crippen molar-refractivity contribution < 1.29 is 22.3 Å². The van der Waals surface area contributed by atoms with E-state index in [9.17, 15) is 17.6 Å². The van der Waals surface area contributed by atoms with E-state index in [0.717, 1.165) is 0 Å². The fourth-order valence-electron chi connectivity index (χ4n) is 3.42. The number of carbonyl (C=O) groups is 1. The molecule has 2 aromatic carbocycles. The number of nitrogens with zero attached hydrogens (tertiary/aromatic N) is 2. The van der Waals surface area contributed by atoms with Gasteiger partial charge in [-0.3, -0.25) is 4.79 Å². The molecule has 0 bridgehead atoms. The molecule has 2 aromatic rings. The molecule has 0 aliphatic carbocycles. The lowest BCUT2D eigenvalue weighted by molar-refractivity contribution is -0.132. The Hall–Kier alpha value is -2.36. The summed E-state index contributed by atoms with van der Waals surface area (Å²) in [6.07, 6.45) is 0. The molecule has 0 radical (unpaired) electrons. The number of anilines is 1. The second kappa shape index (κ2) is 9.84. The predicted octanol–water partition coefficient (Wildman–Crippen LogP) is 2.89. The molecule has 7 nitrogen and oxygen atoms in total. The lowest BCUT2D eigenvalue weighted by Crippen LogP contribution is -2.54. The van der Waals surface area contributed by atoms with Crippen molar-refractivity contribution in [1.82, 2.24) is 9.62 Å². The number of sulfonamides is 1. The van der Waals surface area contributed by atoms with Gasteiger partial charge in [0.25, 0.3) is 0 Å². The van der Waals surface area contributed by atoms with Crippen LogP contribution in [-0.4, -0.2) is 58.1 Å². The molecule has 0 spiro atoms. The van der Waals surface area contributed by atoms with E-state index in [2.05, 4.69) is 4.72 Å². The van der Waals surface area contributed by atoms with Gasteiger partial charge in [0.05, 0.1) is 28.3 Å². The van der Waals surface area contributed by atoms with E-state index < -0.39 is 16.1 Å². The van der Waals surface area contributed by atoms with Crippen LogP contribution in [0.2, 0.25) is 5.02 Å². The topological polar surface area (TPSA) is 78.9 Å². The van der Waals surface area contributed by atoms with Gasteiger partial charge in [0, 0.05) is 26.2 Å². The number of piperazine rings is 1. The third-order valence-corrected chi connectivity index (χ3v) is 6.83. The van der Waals surface area contributed by atoms with E-state index in [1.807, 2.05) is 4.90 Å². The zero-order valence-electron chi connectivity index (χ0n) is 17.3. The van der Waals surface area contributed by atoms with Gasteiger partial charge in [0.15, 0.2) is 0 Å². The monoisotopic (exact) mass is 469 g/mol. The van der Waals surface area contributed by atoms with Gasteiger partial charge >= 0.3 is 0 Å². The molecule has 1 amide bonds. The van der Waals surface area contributed by atoms with Gasteiger partial charge in [-0.1, -0.05) is 23.7 Å². The van der Waals surface area contributed by atoms with Crippen LogP contribution in [0.4, 0.5) is 10.1 Å². The molecule has 31 heavy (non-hydrogen) atoms. The van der Waals surface area contributed by atoms with Crippen LogP contribution in [0.5, 0.6) is 5.75 Å². The minimum Gasteiger partial charge on any atom is -0.492 e. The number of halogens is 2. The summed E-state index contributed by atoms with van der Waals surface area (Å²) in [4.78, 5) is 16.2. The number of rotatable bonds is 7. The highest BCUT2D eigenvalue weighted by molar-refractivity contribution is 7.89. The van der Waals surface area contributed by atoms with Crippen molar-refractivity contribution in [1.29, 1.82) is 0 Å². The number of carbonyl (C=O) groups excluding carboxylic acids is 1. The molecule has 1 atom stereocenters. The molecular weight excluding hydrogens is 445 g/mol. The molecule has 0 aromatic heterocycles. The molecule has 0 unspecified atom stereocenters. The van der Waals surface area contributed by atoms with Gasteiger partial charge < -0.3 is 14.5 Å². The van der Waals surface area contributed by atoms with Crippen molar-refractivity contribution in [3.63, 3.8) is 0 Å².